The lowest BCUT2D eigenvalue weighted by atomic mass is 10.4. The topological polar surface area (TPSA) is 74.9 Å². The maximum atomic E-state index is 11.8. The molecule has 7 nitrogen and oxygen atoms in total. The number of nitrogens with one attached hydrogen (secondary N) is 1. The van der Waals surface area contributed by atoms with Crippen molar-refractivity contribution < 1.29 is 4.79 Å². The van der Waals surface area contributed by atoms with Gasteiger partial charge in [0.2, 0.25) is 0 Å². The minimum atomic E-state index is -0.284. The van der Waals surface area contributed by atoms with Crippen LogP contribution < -0.4 is 5.32 Å². The quantitative estimate of drug-likeness (QED) is 0.646. The third-order valence-corrected chi connectivity index (χ3v) is 2.53. The predicted octanol–water partition coefficient (Wildman–Crippen LogP) is 1.31. The van der Waals surface area contributed by atoms with Crippen molar-refractivity contribution in [2.75, 3.05) is 19.0 Å². The predicted molar refractivity (Wildman–Crippen MR) is 66.7 cm³/mol. The van der Waals surface area contributed by atoms with Crippen molar-refractivity contribution in [2.45, 2.75) is 6.67 Å². The van der Waals surface area contributed by atoms with Gasteiger partial charge in [0.1, 0.15) is 6.67 Å². The summed E-state index contributed by atoms with van der Waals surface area (Å²) in [4.78, 5) is 15.8. The summed E-state index contributed by atoms with van der Waals surface area (Å²) in [5, 5.41) is 12.3. The molecule has 0 unspecified atom stereocenters. The monoisotopic (exact) mass is 268 g/mol. The second-order valence-corrected chi connectivity index (χ2v) is 4.01. The summed E-state index contributed by atoms with van der Waals surface area (Å²) >= 11 is 5.63. The molecule has 1 aliphatic rings. The Labute approximate surface area is 109 Å². The lowest BCUT2D eigenvalue weighted by Crippen LogP contribution is -2.26. The molecule has 96 valence electrons. The highest BCUT2D eigenvalue weighted by molar-refractivity contribution is 6.18. The first-order valence-corrected chi connectivity index (χ1v) is 5.96. The zero-order valence-electron chi connectivity index (χ0n) is 9.71. The van der Waals surface area contributed by atoms with E-state index in [1.807, 2.05) is 0 Å². The molecule has 1 aromatic rings. The Balaban J connectivity index is 2.14. The highest BCUT2D eigenvalue weighted by atomic mass is 35.5. The number of nitrogens with zero attached hydrogens (tertiary/aromatic N) is 5. The molecule has 1 N–H and O–H groups in total. The molecule has 1 aliphatic heterocycles. The number of carbonyl (C=O) groups is 1. The largest absolute Gasteiger partial charge is 0.347 e. The molecule has 1 aromatic heterocycles. The van der Waals surface area contributed by atoms with Gasteiger partial charge in [0.25, 0.3) is 5.91 Å². The second-order valence-electron chi connectivity index (χ2n) is 3.64. The third kappa shape index (κ3) is 2.51. The van der Waals surface area contributed by atoms with E-state index >= 15 is 0 Å². The van der Waals surface area contributed by atoms with Crippen LogP contribution in [0, 0.1) is 0 Å². The number of carbonyl (C=O) groups excluding carboxylic acids is 1. The van der Waals surface area contributed by atoms with E-state index in [9.17, 15) is 4.79 Å². The number of halogens is 1. The van der Waals surface area contributed by atoms with Crippen LogP contribution in [0.5, 0.6) is 0 Å². The summed E-state index contributed by atoms with van der Waals surface area (Å²) in [6, 6.07) is 0. The third-order valence-electron chi connectivity index (χ3n) is 2.36. The van der Waals surface area contributed by atoms with Gasteiger partial charge < -0.3 is 5.32 Å². The van der Waals surface area contributed by atoms with Gasteiger partial charge in [0.15, 0.2) is 11.5 Å². The standard InChI is InChI=1S/C10H13ClN6O/c1-2-4-12-10(18)8-9-14-15-17(5-3-11)7-16(9)6-13-8/h2,6H,1,3-5,7H2,(H,12,18). The lowest BCUT2D eigenvalue weighted by molar-refractivity contribution is 0.0953. The van der Waals surface area contributed by atoms with E-state index in [0.29, 0.717) is 31.5 Å². The summed E-state index contributed by atoms with van der Waals surface area (Å²) in [6.07, 6.45) is 3.17. The van der Waals surface area contributed by atoms with Gasteiger partial charge in [-0.25, -0.2) is 4.98 Å². The molecule has 0 bridgehead atoms. The van der Waals surface area contributed by atoms with Crippen LogP contribution in [0.2, 0.25) is 0 Å². The molecule has 18 heavy (non-hydrogen) atoms. The molecule has 0 fully saturated rings. The fourth-order valence-corrected chi connectivity index (χ4v) is 1.71. The Hall–Kier alpha value is -1.89. The van der Waals surface area contributed by atoms with Crippen molar-refractivity contribution in [1.29, 1.82) is 0 Å². The molecule has 0 spiro atoms. The average molecular weight is 269 g/mol. The lowest BCUT2D eigenvalue weighted by Gasteiger charge is -2.21. The van der Waals surface area contributed by atoms with Crippen molar-refractivity contribution in [2.24, 2.45) is 10.3 Å². The van der Waals surface area contributed by atoms with Crippen LogP contribution in [0.1, 0.15) is 10.5 Å². The fourth-order valence-electron chi connectivity index (χ4n) is 1.52. The van der Waals surface area contributed by atoms with E-state index < -0.39 is 0 Å². The number of hydrogen-bond acceptors (Lipinski definition) is 5. The number of amides is 1. The van der Waals surface area contributed by atoms with Gasteiger partial charge in [-0.2, -0.15) is 0 Å². The molecule has 0 atom stereocenters. The number of hydrogen-bond donors (Lipinski definition) is 1. The van der Waals surface area contributed by atoms with E-state index in [1.54, 1.807) is 22.0 Å². The number of alkyl halides is 1. The molecular formula is C10H13ClN6O. The number of aromatic nitrogens is 2. The van der Waals surface area contributed by atoms with Gasteiger partial charge in [-0.05, 0) is 0 Å². The van der Waals surface area contributed by atoms with Crippen LogP contribution >= 0.6 is 11.6 Å². The summed E-state index contributed by atoms with van der Waals surface area (Å²) < 4.78 is 1.75. The van der Waals surface area contributed by atoms with Crippen LogP contribution in [0.15, 0.2) is 29.3 Å². The maximum absolute atomic E-state index is 11.8. The fraction of sp³-hybridized carbons (Fsp3) is 0.400. The van der Waals surface area contributed by atoms with E-state index in [0.717, 1.165) is 0 Å². The number of fused-ring (bicyclic) bond motifs is 1. The molecular weight excluding hydrogens is 256 g/mol. The maximum Gasteiger partial charge on any atom is 0.274 e. The molecule has 0 saturated carbocycles. The Morgan fingerprint density at radius 2 is 2.50 bits per heavy atom. The molecule has 0 aromatic carbocycles. The Morgan fingerprint density at radius 1 is 1.67 bits per heavy atom. The van der Waals surface area contributed by atoms with Crippen LogP contribution in [-0.4, -0.2) is 39.4 Å². The summed E-state index contributed by atoms with van der Waals surface area (Å²) in [5.74, 6) is 0.645. The van der Waals surface area contributed by atoms with Gasteiger partial charge in [-0.1, -0.05) is 11.3 Å². The average Bonchev–Trinajstić information content (AvgIpc) is 2.79. The highest BCUT2D eigenvalue weighted by Crippen LogP contribution is 2.23. The first-order chi connectivity index (χ1) is 8.76. The molecule has 1 amide bonds. The van der Waals surface area contributed by atoms with E-state index in [2.05, 4.69) is 27.2 Å². The second kappa shape index (κ2) is 5.63. The van der Waals surface area contributed by atoms with Crippen molar-refractivity contribution >= 4 is 23.3 Å². The Morgan fingerprint density at radius 3 is 3.22 bits per heavy atom. The minimum Gasteiger partial charge on any atom is -0.347 e. The van der Waals surface area contributed by atoms with Crippen molar-refractivity contribution in [3.63, 3.8) is 0 Å². The zero-order valence-corrected chi connectivity index (χ0v) is 10.5. The molecule has 0 aliphatic carbocycles. The highest BCUT2D eigenvalue weighted by Gasteiger charge is 2.21. The Bertz CT molecular complexity index is 483. The van der Waals surface area contributed by atoms with Crippen molar-refractivity contribution in [3.05, 3.63) is 24.7 Å². The van der Waals surface area contributed by atoms with Gasteiger partial charge >= 0.3 is 0 Å². The van der Waals surface area contributed by atoms with Crippen molar-refractivity contribution in [1.82, 2.24) is 19.9 Å². The van der Waals surface area contributed by atoms with Gasteiger partial charge in [-0.15, -0.1) is 23.3 Å². The minimum absolute atomic E-state index is 0.270. The summed E-state index contributed by atoms with van der Waals surface area (Å²) in [6.45, 7) is 5.01. The number of imidazole rings is 1. The molecule has 2 heterocycles. The normalized spacial score (nSPS) is 13.3. The van der Waals surface area contributed by atoms with Crippen LogP contribution in [0.4, 0.5) is 5.82 Å². The molecule has 0 radical (unpaired) electrons. The number of rotatable bonds is 5. The van der Waals surface area contributed by atoms with Crippen molar-refractivity contribution in [3.8, 4) is 0 Å². The Kier molecular flexibility index (Phi) is 3.93. The van der Waals surface area contributed by atoms with E-state index in [-0.39, 0.29) is 11.6 Å². The first-order valence-electron chi connectivity index (χ1n) is 5.43. The van der Waals surface area contributed by atoms with Crippen LogP contribution in [0.3, 0.4) is 0 Å². The SMILES string of the molecule is C=CCNC(=O)c1ncn2c1N=NN(CCCl)C2. The van der Waals surface area contributed by atoms with Gasteiger partial charge in [0, 0.05) is 12.4 Å². The molecule has 2 rings (SSSR count). The van der Waals surface area contributed by atoms with E-state index in [1.165, 1.54) is 0 Å². The zero-order chi connectivity index (χ0) is 13.0. The molecule has 0 saturated heterocycles. The molecule has 8 heteroatoms. The first kappa shape index (κ1) is 12.6. The van der Waals surface area contributed by atoms with Crippen LogP contribution in [-0.2, 0) is 6.67 Å². The van der Waals surface area contributed by atoms with Gasteiger partial charge in [0.05, 0.1) is 12.9 Å². The van der Waals surface area contributed by atoms with E-state index in [4.69, 9.17) is 11.6 Å². The van der Waals surface area contributed by atoms with Crippen LogP contribution in [0.25, 0.3) is 0 Å². The summed E-state index contributed by atoms with van der Waals surface area (Å²) in [5.41, 5.74) is 0.270. The summed E-state index contributed by atoms with van der Waals surface area (Å²) in [7, 11) is 0. The smallest absolute Gasteiger partial charge is 0.274 e. The van der Waals surface area contributed by atoms with Gasteiger partial charge in [-0.3, -0.25) is 14.4 Å².